The van der Waals surface area contributed by atoms with Crippen molar-refractivity contribution in [2.24, 2.45) is 29.4 Å². The van der Waals surface area contributed by atoms with Crippen molar-refractivity contribution < 1.29 is 23.9 Å². The summed E-state index contributed by atoms with van der Waals surface area (Å²) < 4.78 is 11.0. The maximum Gasteiger partial charge on any atom is 0.321 e. The highest BCUT2D eigenvalue weighted by atomic mass is 16.5. The number of rotatable bonds is 13. The number of fused-ring (bicyclic) bond motifs is 7. The molecule has 10 heteroatoms. The highest BCUT2D eigenvalue weighted by Crippen LogP contribution is 2.48. The molecule has 3 aromatic rings. The van der Waals surface area contributed by atoms with Gasteiger partial charge in [-0.1, -0.05) is 52.3 Å². The quantitative estimate of drug-likeness (QED) is 0.0749. The van der Waals surface area contributed by atoms with E-state index < -0.39 is 11.9 Å². The molecule has 6 N–H and O–H groups in total. The van der Waals surface area contributed by atoms with Crippen LogP contribution in [0.1, 0.15) is 128 Å². The molecule has 55 heavy (non-hydrogen) atoms. The summed E-state index contributed by atoms with van der Waals surface area (Å²) in [6.45, 7) is 19.4. The van der Waals surface area contributed by atoms with Crippen molar-refractivity contribution in [3.63, 3.8) is 0 Å². The molecule has 5 heterocycles. The smallest absolute Gasteiger partial charge is 0.321 e. The van der Waals surface area contributed by atoms with Gasteiger partial charge in [-0.15, -0.1) is 0 Å². The van der Waals surface area contributed by atoms with Crippen LogP contribution >= 0.6 is 0 Å². The largest absolute Gasteiger partial charge is 0.468 e. The highest BCUT2D eigenvalue weighted by Gasteiger charge is 2.49. The van der Waals surface area contributed by atoms with Gasteiger partial charge >= 0.3 is 11.9 Å². The minimum absolute atomic E-state index is 0.0862. The lowest BCUT2D eigenvalue weighted by Crippen LogP contribution is -2.25. The maximum atomic E-state index is 14.4. The van der Waals surface area contributed by atoms with E-state index in [9.17, 15) is 14.4 Å². The number of hydrogen-bond donors (Lipinski definition) is 5. The fourth-order valence-corrected chi connectivity index (χ4v) is 8.61. The number of aromatic nitrogens is 3. The Bertz CT molecular complexity index is 2250. The summed E-state index contributed by atoms with van der Waals surface area (Å²) in [6, 6.07) is 0. The minimum Gasteiger partial charge on any atom is -0.468 e. The number of hydrogen-bond acceptors (Lipinski definition) is 7. The number of H-pyrrole nitrogens is 3. The summed E-state index contributed by atoms with van der Waals surface area (Å²) in [7, 11) is 1.30. The van der Waals surface area contributed by atoms with E-state index in [2.05, 4.69) is 87.5 Å². The van der Waals surface area contributed by atoms with Crippen LogP contribution in [-0.2, 0) is 32.0 Å². The highest BCUT2D eigenvalue weighted by molar-refractivity contribution is 6.24. The SMILES string of the molecule is C=Cc1c2[nH]c(c1C)/C=C1\N/C(=C3\c4[nH]c(c(CN)c4C(=O)[C@@H]3C(=O)OC)/C=c3\[nH]/c(c(C)c3CC)=C\2)[C@@H](CCC(=O)OC/C=C(\C)CCCC(C)C)[C@@H]1C. The van der Waals surface area contributed by atoms with E-state index in [1.165, 1.54) is 12.7 Å². The first-order valence-corrected chi connectivity index (χ1v) is 19.7. The minimum atomic E-state index is -1.19. The number of carbonyl (C=O) groups is 3. The first kappa shape index (κ1) is 39.6. The number of allylic oxidation sites excluding steroid dienone is 3. The van der Waals surface area contributed by atoms with Gasteiger partial charge in [0.2, 0.25) is 0 Å². The molecule has 3 aromatic heterocycles. The van der Waals surface area contributed by atoms with Crippen LogP contribution in [0.15, 0.2) is 29.6 Å². The lowest BCUT2D eigenvalue weighted by atomic mass is 9.85. The van der Waals surface area contributed by atoms with Crippen LogP contribution < -0.4 is 21.7 Å². The van der Waals surface area contributed by atoms with Gasteiger partial charge in [0.25, 0.3) is 0 Å². The molecule has 0 radical (unpaired) electrons. The molecule has 1 aliphatic carbocycles. The Morgan fingerprint density at radius 2 is 1.75 bits per heavy atom. The van der Waals surface area contributed by atoms with E-state index in [0.29, 0.717) is 46.1 Å². The lowest BCUT2D eigenvalue weighted by Gasteiger charge is -2.19. The Morgan fingerprint density at radius 3 is 2.42 bits per heavy atom. The predicted molar refractivity (Wildman–Crippen MR) is 219 cm³/mol. The van der Waals surface area contributed by atoms with Crippen molar-refractivity contribution in [1.29, 1.82) is 0 Å². The van der Waals surface area contributed by atoms with Gasteiger partial charge in [0.15, 0.2) is 5.78 Å². The maximum absolute atomic E-state index is 14.4. The molecule has 8 bridgehead atoms. The zero-order valence-electron chi connectivity index (χ0n) is 33.7. The Kier molecular flexibility index (Phi) is 11.8. The van der Waals surface area contributed by atoms with Gasteiger partial charge in [0.1, 0.15) is 12.5 Å². The van der Waals surface area contributed by atoms with Crippen molar-refractivity contribution in [3.8, 4) is 0 Å². The summed E-state index contributed by atoms with van der Waals surface area (Å²) in [6.07, 6.45) is 14.7. The molecule has 2 aliphatic heterocycles. The van der Waals surface area contributed by atoms with Crippen molar-refractivity contribution in [3.05, 3.63) is 96.5 Å². The first-order valence-electron chi connectivity index (χ1n) is 19.7. The monoisotopic (exact) mass is 747 g/mol. The number of carbonyl (C=O) groups excluding carboxylic acids is 3. The van der Waals surface area contributed by atoms with E-state index in [0.717, 1.165) is 75.7 Å². The molecule has 3 atom stereocenters. The van der Waals surface area contributed by atoms with Gasteiger partial charge in [-0.05, 0) is 93.4 Å². The number of Topliss-reactive ketones (excluding diaryl/α,β-unsaturated/α-hetero) is 1. The zero-order chi connectivity index (χ0) is 39.7. The average Bonchev–Trinajstić information content (AvgIpc) is 3.90. The lowest BCUT2D eigenvalue weighted by molar-refractivity contribution is -0.143. The van der Waals surface area contributed by atoms with Crippen LogP contribution in [0.4, 0.5) is 0 Å². The van der Waals surface area contributed by atoms with Gasteiger partial charge < -0.3 is 35.5 Å². The van der Waals surface area contributed by atoms with E-state index in [1.54, 1.807) is 0 Å². The van der Waals surface area contributed by atoms with Crippen LogP contribution in [0.25, 0.3) is 29.9 Å². The summed E-state index contributed by atoms with van der Waals surface area (Å²) in [5, 5.41) is 5.55. The summed E-state index contributed by atoms with van der Waals surface area (Å²) >= 11 is 0. The molecule has 0 saturated carbocycles. The predicted octanol–water partition coefficient (Wildman–Crippen LogP) is 6.61. The van der Waals surface area contributed by atoms with Crippen molar-refractivity contribution in [2.75, 3.05) is 13.7 Å². The van der Waals surface area contributed by atoms with Crippen molar-refractivity contribution >= 4 is 47.6 Å². The van der Waals surface area contributed by atoms with Crippen LogP contribution in [0, 0.1) is 37.5 Å². The fraction of sp³-hybridized carbons (Fsp3) is 0.444. The number of methoxy groups -OCH3 is 1. The second-order valence-electron chi connectivity index (χ2n) is 15.7. The van der Waals surface area contributed by atoms with E-state index >= 15 is 0 Å². The summed E-state index contributed by atoms with van der Waals surface area (Å²) in [5.74, 6) is -2.18. The zero-order valence-corrected chi connectivity index (χ0v) is 33.7. The topological polar surface area (TPSA) is 155 Å². The number of esters is 2. The molecule has 0 unspecified atom stereocenters. The van der Waals surface area contributed by atoms with Crippen molar-refractivity contribution in [1.82, 2.24) is 20.3 Å². The first-order chi connectivity index (χ1) is 26.3. The average molecular weight is 748 g/mol. The van der Waals surface area contributed by atoms with E-state index in [1.807, 2.05) is 18.2 Å². The summed E-state index contributed by atoms with van der Waals surface area (Å²) in [5.41, 5.74) is 18.2. The fourth-order valence-electron chi connectivity index (χ4n) is 8.61. The van der Waals surface area contributed by atoms with Crippen molar-refractivity contribution in [2.45, 2.75) is 93.5 Å². The molecule has 0 aromatic carbocycles. The second-order valence-corrected chi connectivity index (χ2v) is 15.7. The third-order valence-corrected chi connectivity index (χ3v) is 11.8. The molecule has 0 spiro atoms. The Balaban J connectivity index is 1.49. The van der Waals surface area contributed by atoms with Crippen LogP contribution in [0.5, 0.6) is 0 Å². The molecule has 3 aliphatic rings. The third-order valence-electron chi connectivity index (χ3n) is 11.8. The molecule has 1 saturated heterocycles. The Morgan fingerprint density at radius 1 is 1.00 bits per heavy atom. The standard InChI is InChI=1S/C45H57N5O5/c1-10-28-25(6)32-19-34-27(8)30(15-16-38(51)55-18-17-24(5)14-12-13-23(3)4)42(49-34)40-41(45(53)54-9)44(52)39-31(22-46)37(50-43(39)40)21-36-29(11-2)26(7)33(48-36)20-35(28)47-32/h10,17,19-21,23,27,30,41,47-50H,1,11-16,18,22,46H2,2-9H3/b24-17+,33-20-,34-19-,36-21-,42-40-/t27-,30-,41+/m0/s1. The molecular weight excluding hydrogens is 691 g/mol. The van der Waals surface area contributed by atoms with Crippen LogP contribution in [-0.4, -0.2) is 46.4 Å². The number of nitrogens with one attached hydrogen (secondary N) is 4. The normalized spacial score (nSPS) is 22.4. The van der Waals surface area contributed by atoms with Crippen LogP contribution in [0.3, 0.4) is 0 Å². The number of aromatic amines is 3. The number of ether oxygens (including phenoxy) is 2. The molecule has 1 fully saturated rings. The number of ketones is 1. The second kappa shape index (κ2) is 16.3. The molecule has 0 amide bonds. The Hall–Kier alpha value is -5.09. The molecule has 292 valence electrons. The van der Waals surface area contributed by atoms with Gasteiger partial charge in [-0.2, -0.15) is 0 Å². The molecule has 6 rings (SSSR count). The summed E-state index contributed by atoms with van der Waals surface area (Å²) in [4.78, 5) is 52.0. The Labute approximate surface area is 324 Å². The third kappa shape index (κ3) is 7.49. The van der Waals surface area contributed by atoms with E-state index in [-0.39, 0.29) is 43.2 Å². The van der Waals surface area contributed by atoms with Gasteiger partial charge in [-0.3, -0.25) is 14.4 Å². The van der Waals surface area contributed by atoms with E-state index in [4.69, 9.17) is 15.2 Å². The van der Waals surface area contributed by atoms with Gasteiger partial charge in [0, 0.05) is 86.2 Å². The molecule has 10 nitrogen and oxygen atoms in total. The number of nitrogens with two attached hydrogens (primary N) is 1. The van der Waals surface area contributed by atoms with Crippen LogP contribution in [0.2, 0.25) is 0 Å². The van der Waals surface area contributed by atoms with Gasteiger partial charge in [-0.25, -0.2) is 0 Å². The van der Waals surface area contributed by atoms with Gasteiger partial charge in [0.05, 0.1) is 12.8 Å². The molecular formula is C45H57N5O5.